The van der Waals surface area contributed by atoms with Crippen LogP contribution in [0.25, 0.3) is 0 Å². The summed E-state index contributed by atoms with van der Waals surface area (Å²) < 4.78 is 12.7. The van der Waals surface area contributed by atoms with Gasteiger partial charge in [0.2, 0.25) is 0 Å². The fraction of sp³-hybridized carbons (Fsp3) is 0.143. The molecule has 1 aromatic heterocycles. The molecule has 2 aromatic rings. The number of pyridine rings is 1. The van der Waals surface area contributed by atoms with Crippen molar-refractivity contribution < 1.29 is 9.18 Å². The summed E-state index contributed by atoms with van der Waals surface area (Å²) in [6.45, 7) is 1.89. The Morgan fingerprint density at radius 2 is 1.78 bits per heavy atom. The first-order valence-corrected chi connectivity index (χ1v) is 5.63. The molecule has 0 spiro atoms. The van der Waals surface area contributed by atoms with Crippen molar-refractivity contribution in [3.63, 3.8) is 0 Å². The summed E-state index contributed by atoms with van der Waals surface area (Å²) in [4.78, 5) is 15.8. The van der Waals surface area contributed by atoms with Crippen LogP contribution in [0.4, 0.5) is 4.39 Å². The average molecular weight is 244 g/mol. The van der Waals surface area contributed by atoms with Gasteiger partial charge in [0, 0.05) is 18.0 Å². The van der Waals surface area contributed by atoms with Gasteiger partial charge in [-0.25, -0.2) is 4.39 Å². The molecule has 0 aliphatic heterocycles. The minimum atomic E-state index is -0.353. The molecule has 18 heavy (non-hydrogen) atoms. The molecule has 4 heteroatoms. The van der Waals surface area contributed by atoms with Crippen LogP contribution in [0.15, 0.2) is 48.8 Å². The van der Waals surface area contributed by atoms with E-state index in [1.165, 1.54) is 24.3 Å². The van der Waals surface area contributed by atoms with Gasteiger partial charge in [-0.3, -0.25) is 9.78 Å². The Balaban J connectivity index is 2.06. The molecule has 2 rings (SSSR count). The number of hydrogen-bond acceptors (Lipinski definition) is 2. The molecule has 3 nitrogen and oxygen atoms in total. The molecular formula is C14H13FN2O. The zero-order valence-electron chi connectivity index (χ0n) is 9.93. The Hall–Kier alpha value is -2.23. The first kappa shape index (κ1) is 12.2. The molecule has 0 aliphatic carbocycles. The number of hydrogen-bond donors (Lipinski definition) is 1. The fourth-order valence-electron chi connectivity index (χ4n) is 1.62. The van der Waals surface area contributed by atoms with Crippen molar-refractivity contribution in [1.82, 2.24) is 10.3 Å². The van der Waals surface area contributed by atoms with Gasteiger partial charge in [0.1, 0.15) is 5.82 Å². The highest BCUT2D eigenvalue weighted by atomic mass is 19.1. The SMILES string of the molecule is C[C@@H](NC(=O)c1ccc(F)cc1)c1ccncc1. The van der Waals surface area contributed by atoms with Gasteiger partial charge in [-0.15, -0.1) is 0 Å². The molecule has 0 saturated heterocycles. The van der Waals surface area contributed by atoms with Gasteiger partial charge in [0.05, 0.1) is 6.04 Å². The van der Waals surface area contributed by atoms with Gasteiger partial charge in [-0.2, -0.15) is 0 Å². The van der Waals surface area contributed by atoms with E-state index in [4.69, 9.17) is 0 Å². The Morgan fingerprint density at radius 3 is 2.39 bits per heavy atom. The second-order valence-corrected chi connectivity index (χ2v) is 3.98. The maximum Gasteiger partial charge on any atom is 0.251 e. The van der Waals surface area contributed by atoms with Crippen LogP contribution in [-0.4, -0.2) is 10.9 Å². The van der Waals surface area contributed by atoms with Crippen molar-refractivity contribution in [2.45, 2.75) is 13.0 Å². The standard InChI is InChI=1S/C14H13FN2O/c1-10(11-6-8-16-9-7-11)17-14(18)12-2-4-13(15)5-3-12/h2-10H,1H3,(H,17,18)/t10-/m1/s1. The fourth-order valence-corrected chi connectivity index (χ4v) is 1.62. The van der Waals surface area contributed by atoms with Crippen molar-refractivity contribution >= 4 is 5.91 Å². The highest BCUT2D eigenvalue weighted by molar-refractivity contribution is 5.94. The van der Waals surface area contributed by atoms with Crippen LogP contribution in [0.3, 0.4) is 0 Å². The number of carbonyl (C=O) groups is 1. The predicted molar refractivity (Wildman–Crippen MR) is 66.5 cm³/mol. The van der Waals surface area contributed by atoms with E-state index in [-0.39, 0.29) is 17.8 Å². The topological polar surface area (TPSA) is 42.0 Å². The number of nitrogens with zero attached hydrogens (tertiary/aromatic N) is 1. The molecule has 1 N–H and O–H groups in total. The van der Waals surface area contributed by atoms with Crippen molar-refractivity contribution in [3.8, 4) is 0 Å². The Bertz CT molecular complexity index is 525. The van der Waals surface area contributed by atoms with Crippen LogP contribution < -0.4 is 5.32 Å². The van der Waals surface area contributed by atoms with Crippen molar-refractivity contribution in [1.29, 1.82) is 0 Å². The molecule has 0 unspecified atom stereocenters. The van der Waals surface area contributed by atoms with E-state index >= 15 is 0 Å². The normalized spacial score (nSPS) is 11.9. The smallest absolute Gasteiger partial charge is 0.251 e. The monoisotopic (exact) mass is 244 g/mol. The van der Waals surface area contributed by atoms with E-state index in [1.54, 1.807) is 12.4 Å². The van der Waals surface area contributed by atoms with Gasteiger partial charge in [-0.1, -0.05) is 0 Å². The van der Waals surface area contributed by atoms with E-state index in [9.17, 15) is 9.18 Å². The van der Waals surface area contributed by atoms with E-state index < -0.39 is 0 Å². The summed E-state index contributed by atoms with van der Waals surface area (Å²) in [6, 6.07) is 9.03. The number of carbonyl (C=O) groups excluding carboxylic acids is 1. The lowest BCUT2D eigenvalue weighted by atomic mass is 10.1. The zero-order valence-corrected chi connectivity index (χ0v) is 9.93. The second kappa shape index (κ2) is 5.40. The lowest BCUT2D eigenvalue weighted by Gasteiger charge is -2.13. The van der Waals surface area contributed by atoms with E-state index in [0.29, 0.717) is 5.56 Å². The maximum absolute atomic E-state index is 12.7. The van der Waals surface area contributed by atoms with E-state index in [1.807, 2.05) is 19.1 Å². The number of rotatable bonds is 3. The number of aromatic nitrogens is 1. The summed E-state index contributed by atoms with van der Waals surface area (Å²) in [5, 5.41) is 2.84. The summed E-state index contributed by atoms with van der Waals surface area (Å²) in [5.74, 6) is -0.576. The van der Waals surface area contributed by atoms with Crippen LogP contribution in [0, 0.1) is 5.82 Å². The largest absolute Gasteiger partial charge is 0.346 e. The molecule has 0 radical (unpaired) electrons. The first-order chi connectivity index (χ1) is 8.66. The Morgan fingerprint density at radius 1 is 1.17 bits per heavy atom. The zero-order chi connectivity index (χ0) is 13.0. The quantitative estimate of drug-likeness (QED) is 0.902. The third kappa shape index (κ3) is 2.91. The minimum absolute atomic E-state index is 0.120. The van der Waals surface area contributed by atoms with E-state index in [2.05, 4.69) is 10.3 Å². The molecule has 0 fully saturated rings. The summed E-state index contributed by atoms with van der Waals surface area (Å²) in [5.41, 5.74) is 1.41. The molecule has 1 atom stereocenters. The van der Waals surface area contributed by atoms with Gasteiger partial charge >= 0.3 is 0 Å². The molecular weight excluding hydrogens is 231 g/mol. The second-order valence-electron chi connectivity index (χ2n) is 3.98. The summed E-state index contributed by atoms with van der Waals surface area (Å²) >= 11 is 0. The maximum atomic E-state index is 12.7. The van der Waals surface area contributed by atoms with E-state index in [0.717, 1.165) is 5.56 Å². The molecule has 0 saturated carbocycles. The molecule has 0 aliphatic rings. The van der Waals surface area contributed by atoms with Gasteiger partial charge in [0.25, 0.3) is 5.91 Å². The Kier molecular flexibility index (Phi) is 3.67. The van der Waals surface area contributed by atoms with Gasteiger partial charge < -0.3 is 5.32 Å². The van der Waals surface area contributed by atoms with Crippen LogP contribution in [0.1, 0.15) is 28.9 Å². The molecule has 0 bridgehead atoms. The van der Waals surface area contributed by atoms with Gasteiger partial charge in [-0.05, 0) is 48.9 Å². The van der Waals surface area contributed by atoms with Crippen LogP contribution in [0.5, 0.6) is 0 Å². The van der Waals surface area contributed by atoms with Crippen molar-refractivity contribution in [3.05, 3.63) is 65.7 Å². The third-order valence-electron chi connectivity index (χ3n) is 2.66. The third-order valence-corrected chi connectivity index (χ3v) is 2.66. The highest BCUT2D eigenvalue weighted by Crippen LogP contribution is 2.11. The number of nitrogens with one attached hydrogen (secondary N) is 1. The van der Waals surface area contributed by atoms with Crippen LogP contribution >= 0.6 is 0 Å². The highest BCUT2D eigenvalue weighted by Gasteiger charge is 2.10. The van der Waals surface area contributed by atoms with Crippen molar-refractivity contribution in [2.75, 3.05) is 0 Å². The predicted octanol–water partition coefficient (Wildman–Crippen LogP) is 2.71. The van der Waals surface area contributed by atoms with Crippen LogP contribution in [-0.2, 0) is 0 Å². The number of amides is 1. The van der Waals surface area contributed by atoms with Gasteiger partial charge in [0.15, 0.2) is 0 Å². The average Bonchev–Trinajstić information content (AvgIpc) is 2.40. The lowest BCUT2D eigenvalue weighted by Crippen LogP contribution is -2.26. The Labute approximate surface area is 105 Å². The molecule has 1 heterocycles. The number of benzene rings is 1. The molecule has 1 aromatic carbocycles. The van der Waals surface area contributed by atoms with Crippen molar-refractivity contribution in [2.24, 2.45) is 0 Å². The lowest BCUT2D eigenvalue weighted by molar-refractivity contribution is 0.0940. The molecule has 1 amide bonds. The molecule has 92 valence electrons. The summed E-state index contributed by atoms with van der Waals surface area (Å²) in [6.07, 6.45) is 3.35. The number of halogens is 1. The summed E-state index contributed by atoms with van der Waals surface area (Å²) in [7, 11) is 0. The first-order valence-electron chi connectivity index (χ1n) is 5.63. The van der Waals surface area contributed by atoms with Crippen LogP contribution in [0.2, 0.25) is 0 Å². The minimum Gasteiger partial charge on any atom is -0.346 e.